The number of unbranched alkanes of at least 4 members (excludes halogenated alkanes) is 31. The van der Waals surface area contributed by atoms with Crippen molar-refractivity contribution < 1.29 is 64.6 Å². The van der Waals surface area contributed by atoms with Crippen LogP contribution in [0.25, 0.3) is 0 Å². The van der Waals surface area contributed by atoms with Crippen molar-refractivity contribution in [3.05, 3.63) is 36.5 Å². The maximum atomic E-state index is 13.2. The van der Waals surface area contributed by atoms with Gasteiger partial charge >= 0.3 is 0 Å². The summed E-state index contributed by atoms with van der Waals surface area (Å²) in [5.41, 5.74) is 0. The first-order valence-electron chi connectivity index (χ1n) is 30.2. The van der Waals surface area contributed by atoms with E-state index in [1.165, 1.54) is 180 Å². The molecule has 2 rings (SSSR count). The number of ether oxygens (including phenoxy) is 4. The van der Waals surface area contributed by atoms with Crippen LogP contribution in [-0.4, -0.2) is 140 Å². The number of rotatable bonds is 48. The molecule has 12 unspecified atom stereocenters. The molecule has 0 bridgehead atoms. The molecule has 12 atom stereocenters. The molecule has 14 heteroatoms. The lowest BCUT2D eigenvalue weighted by Crippen LogP contribution is -2.65. The molecule has 2 aliphatic rings. The van der Waals surface area contributed by atoms with Crippen molar-refractivity contribution in [2.75, 3.05) is 19.8 Å². The van der Waals surface area contributed by atoms with E-state index in [0.29, 0.717) is 12.8 Å². The fourth-order valence-corrected chi connectivity index (χ4v) is 9.89. The lowest BCUT2D eigenvalue weighted by Gasteiger charge is -2.46. The molecule has 74 heavy (non-hydrogen) atoms. The predicted molar refractivity (Wildman–Crippen MR) is 295 cm³/mol. The Kier molecular flexibility index (Phi) is 42.6. The van der Waals surface area contributed by atoms with Crippen molar-refractivity contribution in [1.29, 1.82) is 0 Å². The summed E-state index contributed by atoms with van der Waals surface area (Å²) >= 11 is 0. The van der Waals surface area contributed by atoms with Crippen molar-refractivity contribution in [2.24, 2.45) is 0 Å². The van der Waals surface area contributed by atoms with Gasteiger partial charge in [0, 0.05) is 6.42 Å². The third kappa shape index (κ3) is 31.6. The van der Waals surface area contributed by atoms with E-state index in [1.807, 2.05) is 6.08 Å². The molecule has 2 heterocycles. The molecule has 0 aromatic rings. The van der Waals surface area contributed by atoms with Crippen molar-refractivity contribution in [3.63, 3.8) is 0 Å². The van der Waals surface area contributed by atoms with Crippen LogP contribution in [0, 0.1) is 0 Å². The third-order valence-electron chi connectivity index (χ3n) is 14.8. The Morgan fingerprint density at radius 1 is 0.473 bits per heavy atom. The Bertz CT molecular complexity index is 1380. The molecule has 14 nitrogen and oxygen atoms in total. The van der Waals surface area contributed by atoms with Gasteiger partial charge in [0.05, 0.1) is 32.0 Å². The Labute approximate surface area is 449 Å². The zero-order valence-corrected chi connectivity index (χ0v) is 46.6. The molecule has 2 fully saturated rings. The quantitative estimate of drug-likeness (QED) is 0.0204. The average molecular weight is 1050 g/mol. The largest absolute Gasteiger partial charge is 0.394 e. The van der Waals surface area contributed by atoms with Crippen LogP contribution < -0.4 is 5.32 Å². The number of amides is 1. The van der Waals surface area contributed by atoms with Crippen LogP contribution in [0.4, 0.5) is 0 Å². The van der Waals surface area contributed by atoms with E-state index in [1.54, 1.807) is 6.08 Å². The van der Waals surface area contributed by atoms with Crippen LogP contribution in [0.1, 0.15) is 245 Å². The number of hydrogen-bond donors (Lipinski definition) is 9. The van der Waals surface area contributed by atoms with E-state index in [4.69, 9.17) is 18.9 Å². The molecule has 0 saturated carbocycles. The van der Waals surface area contributed by atoms with Crippen molar-refractivity contribution in [3.8, 4) is 0 Å². The minimum absolute atomic E-state index is 0.248. The van der Waals surface area contributed by atoms with Gasteiger partial charge in [0.2, 0.25) is 5.91 Å². The molecule has 0 aromatic carbocycles. The molecule has 2 aliphatic heterocycles. The maximum Gasteiger partial charge on any atom is 0.220 e. The first kappa shape index (κ1) is 68.3. The fourth-order valence-electron chi connectivity index (χ4n) is 9.89. The number of hydrogen-bond acceptors (Lipinski definition) is 13. The first-order chi connectivity index (χ1) is 36.1. The number of carbonyl (C=O) groups is 1. The molecule has 0 radical (unpaired) electrons. The molecule has 2 saturated heterocycles. The van der Waals surface area contributed by atoms with Crippen molar-refractivity contribution in [2.45, 2.75) is 319 Å². The van der Waals surface area contributed by atoms with Crippen LogP contribution in [0.15, 0.2) is 36.5 Å². The Hall–Kier alpha value is -1.79. The number of aliphatic hydroxyl groups is 8. The van der Waals surface area contributed by atoms with Gasteiger partial charge in [0.15, 0.2) is 12.6 Å². The Morgan fingerprint density at radius 3 is 1.32 bits per heavy atom. The standard InChI is InChI=1S/C60H111NO13/c1-3-5-7-9-11-13-15-17-19-20-21-22-23-24-25-26-27-28-30-32-34-36-38-40-42-44-52(65)61-48(49(64)43-41-39-37-35-33-31-29-18-16-14-12-10-8-6-4-2)47-71-59-57(70)55(68)58(51(46-63)73-59)74-60-56(69)54(67)53(66)50(45-62)72-60/h20-21,33,35,41,43,48-51,53-60,62-64,66-70H,3-19,22-32,34,36-40,42,44-47H2,1-2H3,(H,61,65)/b21-20-,35-33+,43-41+. The third-order valence-corrected chi connectivity index (χ3v) is 14.8. The topological polar surface area (TPSA) is 228 Å². The van der Waals surface area contributed by atoms with Crippen LogP contribution in [-0.2, 0) is 23.7 Å². The SMILES string of the molecule is CCCCCCCCCC/C=C\CCCCCCCCCCCCCCCC(=O)NC(COC1OC(CO)C(OC2OC(CO)C(O)C(O)C2O)C(O)C1O)C(O)/C=C/CC/C=C/CCCCCCCCCCC. The maximum absolute atomic E-state index is 13.2. The fraction of sp³-hybridized carbons (Fsp3) is 0.883. The molecule has 0 spiro atoms. The van der Waals surface area contributed by atoms with Crippen LogP contribution in [0.3, 0.4) is 0 Å². The van der Waals surface area contributed by atoms with Crippen LogP contribution in [0.2, 0.25) is 0 Å². The van der Waals surface area contributed by atoms with Crippen LogP contribution >= 0.6 is 0 Å². The van der Waals surface area contributed by atoms with Gasteiger partial charge in [-0.2, -0.15) is 0 Å². The summed E-state index contributed by atoms with van der Waals surface area (Å²) in [4.78, 5) is 13.2. The van der Waals surface area contributed by atoms with Gasteiger partial charge in [-0.1, -0.05) is 217 Å². The van der Waals surface area contributed by atoms with Crippen LogP contribution in [0.5, 0.6) is 0 Å². The van der Waals surface area contributed by atoms with E-state index in [2.05, 4.69) is 43.5 Å². The second-order valence-corrected chi connectivity index (χ2v) is 21.5. The number of nitrogens with one attached hydrogen (secondary N) is 1. The summed E-state index contributed by atoms with van der Waals surface area (Å²) in [7, 11) is 0. The Morgan fingerprint density at radius 2 is 0.865 bits per heavy atom. The number of allylic oxidation sites excluding steroid dienone is 5. The monoisotopic (exact) mass is 1050 g/mol. The van der Waals surface area contributed by atoms with E-state index in [9.17, 15) is 45.6 Å². The normalized spacial score (nSPS) is 25.4. The van der Waals surface area contributed by atoms with Gasteiger partial charge in [-0.15, -0.1) is 0 Å². The molecular weight excluding hydrogens is 943 g/mol. The van der Waals surface area contributed by atoms with E-state index in [0.717, 1.165) is 32.1 Å². The van der Waals surface area contributed by atoms with Gasteiger partial charge in [0.1, 0.15) is 48.8 Å². The summed E-state index contributed by atoms with van der Waals surface area (Å²) in [5, 5.41) is 87.0. The zero-order chi connectivity index (χ0) is 53.9. The van der Waals surface area contributed by atoms with Crippen molar-refractivity contribution >= 4 is 5.91 Å². The highest BCUT2D eigenvalue weighted by atomic mass is 16.7. The summed E-state index contributed by atoms with van der Waals surface area (Å²) in [6.45, 7) is 2.79. The second kappa shape index (κ2) is 46.2. The first-order valence-corrected chi connectivity index (χ1v) is 30.2. The van der Waals surface area contributed by atoms with Gasteiger partial charge in [-0.3, -0.25) is 4.79 Å². The summed E-state index contributed by atoms with van der Waals surface area (Å²) in [5.74, 6) is -0.248. The average Bonchev–Trinajstić information content (AvgIpc) is 3.40. The molecule has 9 N–H and O–H groups in total. The van der Waals surface area contributed by atoms with Gasteiger partial charge < -0.3 is 65.1 Å². The van der Waals surface area contributed by atoms with Gasteiger partial charge in [0.25, 0.3) is 0 Å². The van der Waals surface area contributed by atoms with E-state index >= 15 is 0 Å². The van der Waals surface area contributed by atoms with E-state index < -0.39 is 86.8 Å². The zero-order valence-electron chi connectivity index (χ0n) is 46.6. The van der Waals surface area contributed by atoms with Gasteiger partial charge in [-0.05, 0) is 57.8 Å². The predicted octanol–water partition coefficient (Wildman–Crippen LogP) is 10.2. The van der Waals surface area contributed by atoms with Crippen molar-refractivity contribution in [1.82, 2.24) is 5.32 Å². The molecular formula is C60H111NO13. The summed E-state index contributed by atoms with van der Waals surface area (Å²) < 4.78 is 22.7. The lowest BCUT2D eigenvalue weighted by molar-refractivity contribution is -0.359. The smallest absolute Gasteiger partial charge is 0.220 e. The molecule has 1 amide bonds. The minimum Gasteiger partial charge on any atom is -0.394 e. The Balaban J connectivity index is 1.74. The number of carbonyl (C=O) groups excluding carboxylic acids is 1. The lowest BCUT2D eigenvalue weighted by atomic mass is 9.97. The molecule has 0 aliphatic carbocycles. The highest BCUT2D eigenvalue weighted by Crippen LogP contribution is 2.30. The van der Waals surface area contributed by atoms with Gasteiger partial charge in [-0.25, -0.2) is 0 Å². The van der Waals surface area contributed by atoms with E-state index in [-0.39, 0.29) is 18.9 Å². The second-order valence-electron chi connectivity index (χ2n) is 21.5. The highest BCUT2D eigenvalue weighted by Gasteiger charge is 2.51. The summed E-state index contributed by atoms with van der Waals surface area (Å²) in [6.07, 6.45) is 39.0. The highest BCUT2D eigenvalue weighted by molar-refractivity contribution is 5.76. The molecule has 0 aromatic heterocycles. The number of aliphatic hydroxyl groups excluding tert-OH is 8. The molecule has 434 valence electrons. The minimum atomic E-state index is -1.79. The summed E-state index contributed by atoms with van der Waals surface area (Å²) in [6, 6.07) is -0.930.